The van der Waals surface area contributed by atoms with E-state index in [9.17, 15) is 13.6 Å². The number of carbonyl (C=O) groups is 1. The van der Waals surface area contributed by atoms with E-state index in [1.807, 2.05) is 6.08 Å². The van der Waals surface area contributed by atoms with Crippen molar-refractivity contribution in [1.82, 2.24) is 0 Å². The van der Waals surface area contributed by atoms with Gasteiger partial charge >= 0.3 is 5.97 Å². The first-order valence-corrected chi connectivity index (χ1v) is 10.5. The van der Waals surface area contributed by atoms with Crippen LogP contribution in [0.1, 0.15) is 75.1 Å². The molecule has 0 spiro atoms. The molecule has 0 aromatic heterocycles. The summed E-state index contributed by atoms with van der Waals surface area (Å²) >= 11 is 0. The summed E-state index contributed by atoms with van der Waals surface area (Å²) in [7, 11) is 1.25. The van der Waals surface area contributed by atoms with Crippen molar-refractivity contribution in [3.05, 3.63) is 41.2 Å². The third-order valence-electron chi connectivity index (χ3n) is 6.38. The van der Waals surface area contributed by atoms with E-state index in [-0.39, 0.29) is 5.75 Å². The Morgan fingerprint density at radius 2 is 1.82 bits per heavy atom. The molecule has 1 aromatic rings. The third-order valence-corrected chi connectivity index (χ3v) is 6.38. The number of ether oxygens (including phenoxy) is 2. The molecule has 2 aliphatic carbocycles. The molecule has 0 amide bonds. The zero-order chi connectivity index (χ0) is 20.1. The van der Waals surface area contributed by atoms with Crippen LogP contribution in [-0.4, -0.2) is 13.1 Å². The van der Waals surface area contributed by atoms with Crippen LogP contribution in [0.15, 0.2) is 24.0 Å². The summed E-state index contributed by atoms with van der Waals surface area (Å²) in [5, 5.41) is 0. The van der Waals surface area contributed by atoms with Crippen LogP contribution in [0.4, 0.5) is 8.78 Å². The van der Waals surface area contributed by atoms with Crippen molar-refractivity contribution >= 4 is 5.97 Å². The topological polar surface area (TPSA) is 35.5 Å². The molecule has 3 rings (SSSR count). The van der Waals surface area contributed by atoms with Crippen molar-refractivity contribution in [3.8, 4) is 5.75 Å². The predicted molar refractivity (Wildman–Crippen MR) is 104 cm³/mol. The minimum absolute atomic E-state index is 0.234. The Morgan fingerprint density at radius 3 is 2.43 bits per heavy atom. The SMILES string of the molecule is CCCC1CCC(C2CC=C(OC(=O)c3ccc(OC)c(F)c3F)CC2)CC1. The van der Waals surface area contributed by atoms with E-state index >= 15 is 0 Å². The van der Waals surface area contributed by atoms with Gasteiger partial charge in [0.1, 0.15) is 5.76 Å². The first-order chi connectivity index (χ1) is 13.5. The summed E-state index contributed by atoms with van der Waals surface area (Å²) in [6, 6.07) is 2.43. The van der Waals surface area contributed by atoms with Gasteiger partial charge in [-0.05, 0) is 61.6 Å². The molecule has 154 valence electrons. The molecule has 0 bridgehead atoms. The fraction of sp³-hybridized carbons (Fsp3) is 0.609. The van der Waals surface area contributed by atoms with Crippen molar-refractivity contribution in [2.45, 2.75) is 64.7 Å². The smallest absolute Gasteiger partial charge is 0.346 e. The molecule has 1 aromatic carbocycles. The van der Waals surface area contributed by atoms with Gasteiger partial charge in [-0.25, -0.2) is 9.18 Å². The van der Waals surface area contributed by atoms with Crippen molar-refractivity contribution in [2.24, 2.45) is 17.8 Å². The summed E-state index contributed by atoms with van der Waals surface area (Å²) in [6.45, 7) is 2.26. The number of benzene rings is 1. The Morgan fingerprint density at radius 1 is 1.07 bits per heavy atom. The maximum absolute atomic E-state index is 14.1. The molecule has 1 unspecified atom stereocenters. The summed E-state index contributed by atoms with van der Waals surface area (Å²) in [5.74, 6) is -0.634. The number of carbonyl (C=O) groups excluding carboxylic acids is 1. The van der Waals surface area contributed by atoms with E-state index < -0.39 is 23.2 Å². The lowest BCUT2D eigenvalue weighted by atomic mass is 9.71. The van der Waals surface area contributed by atoms with Crippen LogP contribution in [0, 0.1) is 29.4 Å². The van der Waals surface area contributed by atoms with Crippen LogP contribution in [0.25, 0.3) is 0 Å². The quantitative estimate of drug-likeness (QED) is 0.524. The van der Waals surface area contributed by atoms with Gasteiger partial charge in [0, 0.05) is 6.42 Å². The number of halogens is 2. The van der Waals surface area contributed by atoms with E-state index in [0.29, 0.717) is 18.1 Å². The standard InChI is InChI=1S/C23H30F2O3/c1-3-4-15-5-7-16(8-6-15)17-9-11-18(12-10-17)28-23(26)19-13-14-20(27-2)22(25)21(19)24/h11,13-17H,3-10,12H2,1-2H3. The normalized spacial score (nSPS) is 25.1. The Bertz CT molecular complexity index is 721. The zero-order valence-electron chi connectivity index (χ0n) is 16.8. The summed E-state index contributed by atoms with van der Waals surface area (Å²) in [4.78, 5) is 12.3. The second-order valence-corrected chi connectivity index (χ2v) is 8.11. The number of hydrogen-bond acceptors (Lipinski definition) is 3. The fourth-order valence-corrected chi connectivity index (χ4v) is 4.73. The molecule has 0 heterocycles. The molecule has 1 atom stereocenters. The van der Waals surface area contributed by atoms with Gasteiger partial charge in [0.2, 0.25) is 5.82 Å². The Hall–Kier alpha value is -1.91. The van der Waals surface area contributed by atoms with Crippen molar-refractivity contribution < 1.29 is 23.0 Å². The third kappa shape index (κ3) is 4.73. The van der Waals surface area contributed by atoms with Crippen LogP contribution in [0.2, 0.25) is 0 Å². The van der Waals surface area contributed by atoms with Gasteiger partial charge in [-0.1, -0.05) is 32.6 Å². The fourth-order valence-electron chi connectivity index (χ4n) is 4.73. The Balaban J connectivity index is 1.54. The molecule has 3 nitrogen and oxygen atoms in total. The highest BCUT2D eigenvalue weighted by molar-refractivity contribution is 5.90. The second kappa shape index (κ2) is 9.53. The first kappa shape index (κ1) is 20.8. The average Bonchev–Trinajstić information content (AvgIpc) is 2.71. The maximum atomic E-state index is 14.1. The molecule has 28 heavy (non-hydrogen) atoms. The molecule has 0 N–H and O–H groups in total. The molecule has 0 saturated heterocycles. The molecule has 0 aliphatic heterocycles. The average molecular weight is 392 g/mol. The van der Waals surface area contributed by atoms with Crippen molar-refractivity contribution in [3.63, 3.8) is 0 Å². The number of methoxy groups -OCH3 is 1. The highest BCUT2D eigenvalue weighted by Crippen LogP contribution is 2.40. The van der Waals surface area contributed by atoms with Crippen molar-refractivity contribution in [2.75, 3.05) is 7.11 Å². The number of hydrogen-bond donors (Lipinski definition) is 0. The number of esters is 1. The second-order valence-electron chi connectivity index (χ2n) is 8.11. The summed E-state index contributed by atoms with van der Waals surface area (Å²) < 4.78 is 37.9. The minimum Gasteiger partial charge on any atom is -0.494 e. The van der Waals surface area contributed by atoms with Gasteiger partial charge in [0.05, 0.1) is 12.7 Å². The summed E-state index contributed by atoms with van der Waals surface area (Å²) in [6.07, 6.45) is 12.4. The molecule has 1 saturated carbocycles. The van der Waals surface area contributed by atoms with Crippen LogP contribution in [0.3, 0.4) is 0 Å². The van der Waals surface area contributed by atoms with E-state index in [1.54, 1.807) is 0 Å². The lowest BCUT2D eigenvalue weighted by molar-refractivity contribution is 0.0589. The van der Waals surface area contributed by atoms with Gasteiger partial charge in [0.15, 0.2) is 11.6 Å². The number of allylic oxidation sites excluding steroid dienone is 2. The van der Waals surface area contributed by atoms with Gasteiger partial charge in [-0.15, -0.1) is 0 Å². The monoisotopic (exact) mass is 392 g/mol. The Kier molecular flexibility index (Phi) is 7.08. The molecule has 1 fully saturated rings. The number of rotatable bonds is 6. The minimum atomic E-state index is -1.23. The molecule has 0 radical (unpaired) electrons. The zero-order valence-corrected chi connectivity index (χ0v) is 16.8. The van der Waals surface area contributed by atoms with Crippen LogP contribution < -0.4 is 4.74 Å². The Labute approximate surface area is 166 Å². The summed E-state index contributed by atoms with van der Waals surface area (Å²) in [5.41, 5.74) is -0.407. The van der Waals surface area contributed by atoms with E-state index in [2.05, 4.69) is 6.92 Å². The van der Waals surface area contributed by atoms with Crippen molar-refractivity contribution in [1.29, 1.82) is 0 Å². The van der Waals surface area contributed by atoms with Gasteiger partial charge in [-0.3, -0.25) is 0 Å². The highest BCUT2D eigenvalue weighted by atomic mass is 19.2. The molecule has 2 aliphatic rings. The van der Waals surface area contributed by atoms with Gasteiger partial charge in [0.25, 0.3) is 0 Å². The van der Waals surface area contributed by atoms with Crippen LogP contribution in [0.5, 0.6) is 5.75 Å². The van der Waals surface area contributed by atoms with Crippen LogP contribution >= 0.6 is 0 Å². The van der Waals surface area contributed by atoms with Gasteiger partial charge in [-0.2, -0.15) is 4.39 Å². The van der Waals surface area contributed by atoms with E-state index in [1.165, 1.54) is 57.8 Å². The lowest BCUT2D eigenvalue weighted by Crippen LogP contribution is -2.24. The maximum Gasteiger partial charge on any atom is 0.346 e. The largest absolute Gasteiger partial charge is 0.494 e. The molecule has 5 heteroatoms. The van der Waals surface area contributed by atoms with Crippen LogP contribution in [-0.2, 0) is 4.74 Å². The predicted octanol–water partition coefficient (Wildman–Crippen LogP) is 6.42. The molecular weight excluding hydrogens is 362 g/mol. The first-order valence-electron chi connectivity index (χ1n) is 10.5. The molecular formula is C23H30F2O3. The van der Waals surface area contributed by atoms with E-state index in [0.717, 1.165) is 24.7 Å². The lowest BCUT2D eigenvalue weighted by Gasteiger charge is -2.35. The van der Waals surface area contributed by atoms with E-state index in [4.69, 9.17) is 9.47 Å². The van der Waals surface area contributed by atoms with Gasteiger partial charge < -0.3 is 9.47 Å². The highest BCUT2D eigenvalue weighted by Gasteiger charge is 2.29.